The molecule has 2 bridgehead atoms. The number of fused-ring (bicyclic) bond motifs is 2. The summed E-state index contributed by atoms with van der Waals surface area (Å²) in [6.45, 7) is 8.94. The second-order valence-corrected chi connectivity index (χ2v) is 8.28. The zero-order valence-electron chi connectivity index (χ0n) is 16.9. The van der Waals surface area contributed by atoms with Gasteiger partial charge in [0.1, 0.15) is 11.6 Å². The number of urea groups is 1. The molecule has 3 rings (SSSR count). The second kappa shape index (κ2) is 7.94. The van der Waals surface area contributed by atoms with E-state index in [-0.39, 0.29) is 18.2 Å². The normalized spacial score (nSPS) is 22.0. The van der Waals surface area contributed by atoms with Gasteiger partial charge in [0.25, 0.3) is 0 Å². The Morgan fingerprint density at radius 3 is 2.75 bits per heavy atom. The van der Waals surface area contributed by atoms with E-state index in [9.17, 15) is 14.8 Å². The zero-order valence-corrected chi connectivity index (χ0v) is 16.9. The molecule has 2 atom stereocenters. The van der Waals surface area contributed by atoms with Crippen LogP contribution in [0.25, 0.3) is 0 Å². The van der Waals surface area contributed by atoms with Crippen LogP contribution >= 0.6 is 0 Å². The Labute approximate surface area is 164 Å². The van der Waals surface area contributed by atoms with Crippen LogP contribution in [0.4, 0.5) is 9.59 Å². The number of carbonyl (C=O) groups excluding carboxylic acids is 2. The smallest absolute Gasteiger partial charge is 0.410 e. The number of carbonyl (C=O) groups is 2. The first-order valence-electron chi connectivity index (χ1n) is 9.78. The van der Waals surface area contributed by atoms with Gasteiger partial charge in [-0.25, -0.2) is 14.7 Å². The third-order valence-electron chi connectivity index (χ3n) is 4.85. The molecule has 1 aromatic rings. The molecule has 2 saturated heterocycles. The zero-order chi connectivity index (χ0) is 20.5. The summed E-state index contributed by atoms with van der Waals surface area (Å²) in [5, 5.41) is 18.8. The van der Waals surface area contributed by atoms with Crippen LogP contribution in [0.2, 0.25) is 0 Å². The Balaban J connectivity index is 1.61. The van der Waals surface area contributed by atoms with Gasteiger partial charge in [0.2, 0.25) is 11.8 Å². The van der Waals surface area contributed by atoms with Crippen LogP contribution in [0.3, 0.4) is 0 Å². The van der Waals surface area contributed by atoms with Crippen molar-refractivity contribution in [3.05, 3.63) is 11.8 Å². The molecule has 0 spiro atoms. The van der Waals surface area contributed by atoms with Crippen molar-refractivity contribution in [1.82, 2.24) is 25.1 Å². The Bertz CT molecular complexity index is 715. The van der Waals surface area contributed by atoms with Crippen LogP contribution in [0.15, 0.2) is 4.42 Å². The largest absolute Gasteiger partial charge is 0.444 e. The van der Waals surface area contributed by atoms with E-state index in [1.807, 2.05) is 27.7 Å². The van der Waals surface area contributed by atoms with Crippen molar-refractivity contribution in [1.29, 1.82) is 0 Å². The second-order valence-electron chi connectivity index (χ2n) is 8.28. The number of ether oxygens (including phenoxy) is 1. The van der Waals surface area contributed by atoms with E-state index in [0.717, 1.165) is 11.5 Å². The van der Waals surface area contributed by atoms with Gasteiger partial charge in [-0.3, -0.25) is 5.21 Å². The molecule has 28 heavy (non-hydrogen) atoms. The highest BCUT2D eigenvalue weighted by molar-refractivity contribution is 5.76. The van der Waals surface area contributed by atoms with Crippen LogP contribution in [0.5, 0.6) is 0 Å². The first kappa shape index (κ1) is 20.4. The predicted octanol–water partition coefficient (Wildman–Crippen LogP) is 2.59. The summed E-state index contributed by atoms with van der Waals surface area (Å²) in [5.41, 5.74) is -0.553. The van der Waals surface area contributed by atoms with Gasteiger partial charge in [0.15, 0.2) is 0 Å². The molecule has 0 saturated carbocycles. The molecule has 3 amide bonds. The fourth-order valence-corrected chi connectivity index (χ4v) is 3.53. The highest BCUT2D eigenvalue weighted by Gasteiger charge is 2.46. The lowest BCUT2D eigenvalue weighted by molar-refractivity contribution is -0.0584. The number of aromatic nitrogens is 2. The van der Waals surface area contributed by atoms with Crippen molar-refractivity contribution in [2.24, 2.45) is 0 Å². The number of hydrogen-bond donors (Lipinski definition) is 1. The molecule has 0 aliphatic carbocycles. The Morgan fingerprint density at radius 1 is 1.32 bits per heavy atom. The third kappa shape index (κ3) is 4.37. The van der Waals surface area contributed by atoms with Crippen LogP contribution in [0.1, 0.15) is 64.8 Å². The molecule has 0 radical (unpaired) electrons. The number of piperidine rings is 1. The maximum atomic E-state index is 12.3. The van der Waals surface area contributed by atoms with Gasteiger partial charge in [-0.2, -0.15) is 0 Å². The summed E-state index contributed by atoms with van der Waals surface area (Å²) < 4.78 is 11.2. The van der Waals surface area contributed by atoms with Crippen molar-refractivity contribution >= 4 is 12.1 Å². The van der Waals surface area contributed by atoms with Crippen molar-refractivity contribution in [2.45, 2.75) is 71.1 Å². The van der Waals surface area contributed by atoms with Crippen LogP contribution in [0, 0.1) is 0 Å². The molecular formula is C18H29N5O5. The molecule has 156 valence electrons. The van der Waals surface area contributed by atoms with Crippen molar-refractivity contribution in [3.8, 4) is 0 Å². The summed E-state index contributed by atoms with van der Waals surface area (Å²) in [4.78, 5) is 27.6. The first-order chi connectivity index (χ1) is 13.2. The summed E-state index contributed by atoms with van der Waals surface area (Å²) in [7, 11) is 0. The Morgan fingerprint density at radius 2 is 2.07 bits per heavy atom. The van der Waals surface area contributed by atoms with Gasteiger partial charge in [-0.05, 0) is 40.0 Å². The molecular weight excluding hydrogens is 366 g/mol. The fourth-order valence-electron chi connectivity index (χ4n) is 3.53. The summed E-state index contributed by atoms with van der Waals surface area (Å²) in [6, 6.07) is -0.909. The van der Waals surface area contributed by atoms with Crippen molar-refractivity contribution in [3.63, 3.8) is 0 Å². The Kier molecular flexibility index (Phi) is 5.78. The van der Waals surface area contributed by atoms with E-state index in [1.54, 1.807) is 9.80 Å². The van der Waals surface area contributed by atoms with E-state index in [0.29, 0.717) is 50.7 Å². The molecule has 1 aromatic heterocycles. The maximum Gasteiger partial charge on any atom is 0.410 e. The van der Waals surface area contributed by atoms with Gasteiger partial charge in [-0.15, -0.1) is 10.2 Å². The minimum Gasteiger partial charge on any atom is -0.444 e. The Hall–Kier alpha value is -2.36. The van der Waals surface area contributed by atoms with E-state index >= 15 is 0 Å². The third-order valence-corrected chi connectivity index (χ3v) is 4.85. The number of hydrogen-bond acceptors (Lipinski definition) is 7. The number of nitrogens with zero attached hydrogens (tertiary/aromatic N) is 5. The van der Waals surface area contributed by atoms with Gasteiger partial charge in [0, 0.05) is 26.1 Å². The number of hydroxylamine groups is 2. The minimum absolute atomic E-state index is 0.164. The van der Waals surface area contributed by atoms with Gasteiger partial charge < -0.3 is 19.0 Å². The molecule has 10 heteroatoms. The monoisotopic (exact) mass is 395 g/mol. The van der Waals surface area contributed by atoms with Gasteiger partial charge in [0.05, 0.1) is 6.04 Å². The van der Waals surface area contributed by atoms with Gasteiger partial charge >= 0.3 is 12.1 Å². The molecule has 1 N–H and O–H groups in total. The predicted molar refractivity (Wildman–Crippen MR) is 97.6 cm³/mol. The highest BCUT2D eigenvalue weighted by atomic mass is 16.6. The van der Waals surface area contributed by atoms with Crippen LogP contribution < -0.4 is 0 Å². The van der Waals surface area contributed by atoms with E-state index in [1.165, 1.54) is 0 Å². The van der Waals surface area contributed by atoms with E-state index in [2.05, 4.69) is 10.2 Å². The SMILES string of the molecule is CCCN(CCc1nnc([C@@H]2CC[C@@H]3CN2C(=O)N3O)o1)C(=O)OC(C)(C)C. The molecule has 2 aliphatic heterocycles. The number of rotatable bonds is 6. The highest BCUT2D eigenvalue weighted by Crippen LogP contribution is 2.36. The minimum atomic E-state index is -0.553. The first-order valence-corrected chi connectivity index (χ1v) is 9.78. The average Bonchev–Trinajstić information content (AvgIpc) is 3.17. The molecule has 2 fully saturated rings. The standard InChI is InChI=1S/C18H29N5O5/c1-5-9-21(17(25)28-18(2,3)4)10-8-14-19-20-15(27-14)13-7-6-12-11-22(13)16(24)23(12)26/h12-13,26H,5-11H2,1-4H3/t12-,13+/m1/s1. The van der Waals surface area contributed by atoms with E-state index < -0.39 is 11.6 Å². The van der Waals surface area contributed by atoms with E-state index in [4.69, 9.17) is 9.15 Å². The molecule has 0 unspecified atom stereocenters. The average molecular weight is 395 g/mol. The lowest BCUT2D eigenvalue weighted by Gasteiger charge is -2.27. The molecule has 2 aliphatic rings. The summed E-state index contributed by atoms with van der Waals surface area (Å²) >= 11 is 0. The van der Waals surface area contributed by atoms with Crippen LogP contribution in [-0.2, 0) is 11.2 Å². The quantitative estimate of drug-likeness (QED) is 0.737. The lowest BCUT2D eigenvalue weighted by atomic mass is 10.0. The molecule has 0 aromatic carbocycles. The summed E-state index contributed by atoms with van der Waals surface area (Å²) in [6.07, 6.45) is 2.20. The number of amides is 3. The molecule has 3 heterocycles. The van der Waals surface area contributed by atoms with Crippen LogP contribution in [-0.4, -0.2) is 73.7 Å². The fraction of sp³-hybridized carbons (Fsp3) is 0.778. The summed E-state index contributed by atoms with van der Waals surface area (Å²) in [5.74, 6) is 0.783. The van der Waals surface area contributed by atoms with Gasteiger partial charge in [-0.1, -0.05) is 6.92 Å². The molecule has 10 nitrogen and oxygen atoms in total. The lowest BCUT2D eigenvalue weighted by Crippen LogP contribution is -2.38. The van der Waals surface area contributed by atoms with Crippen molar-refractivity contribution < 1.29 is 24.0 Å². The van der Waals surface area contributed by atoms with Crippen molar-refractivity contribution in [2.75, 3.05) is 19.6 Å². The topological polar surface area (TPSA) is 112 Å². The maximum absolute atomic E-state index is 12.3.